The van der Waals surface area contributed by atoms with E-state index in [1.807, 2.05) is 24.3 Å². The predicted octanol–water partition coefficient (Wildman–Crippen LogP) is 2.68. The monoisotopic (exact) mass is 349 g/mol. The Kier molecular flexibility index (Phi) is 4.86. The lowest BCUT2D eigenvalue weighted by molar-refractivity contribution is 0.0339. The minimum atomic E-state index is -0.503. The van der Waals surface area contributed by atoms with Crippen LogP contribution in [0.15, 0.2) is 55.0 Å². The van der Waals surface area contributed by atoms with E-state index < -0.39 is 5.97 Å². The second-order valence-corrected chi connectivity index (χ2v) is 6.13. The smallest absolute Gasteiger partial charge is 0.363 e. The first-order valence-corrected chi connectivity index (χ1v) is 8.60. The summed E-state index contributed by atoms with van der Waals surface area (Å²) in [7, 11) is 0. The number of carbonyl (C=O) groups excluding carboxylic acids is 1. The highest BCUT2D eigenvalue weighted by atomic mass is 16.5. The summed E-state index contributed by atoms with van der Waals surface area (Å²) in [5, 5.41) is 2.21. The summed E-state index contributed by atoms with van der Waals surface area (Å²) in [5.74, 6) is 0.0578. The van der Waals surface area contributed by atoms with Crippen molar-refractivity contribution in [2.45, 2.75) is 6.54 Å². The van der Waals surface area contributed by atoms with Gasteiger partial charge in [-0.3, -0.25) is 9.88 Å². The highest BCUT2D eigenvalue weighted by Gasteiger charge is 2.18. The van der Waals surface area contributed by atoms with Gasteiger partial charge >= 0.3 is 5.97 Å². The molecule has 4 rings (SSSR count). The molecule has 6 heteroatoms. The molecule has 3 aromatic rings. The van der Waals surface area contributed by atoms with E-state index in [2.05, 4.69) is 27.0 Å². The molecule has 0 unspecified atom stereocenters. The number of morpholine rings is 1. The van der Waals surface area contributed by atoms with Crippen LogP contribution in [0.1, 0.15) is 16.1 Å². The summed E-state index contributed by atoms with van der Waals surface area (Å²) in [4.78, 5) is 22.7. The standard InChI is InChI=1S/C20H19N3O3/c24-20(18-13-21-7-8-22-18)26-19-6-5-15-3-1-2-4-16(15)17(19)14-23-9-11-25-12-10-23/h1-8,13H,9-12,14H2. The van der Waals surface area contributed by atoms with Crippen molar-refractivity contribution in [2.24, 2.45) is 0 Å². The molecule has 1 saturated heterocycles. The summed E-state index contributed by atoms with van der Waals surface area (Å²) in [6.45, 7) is 3.87. The number of nitrogens with zero attached hydrogens (tertiary/aromatic N) is 3. The lowest BCUT2D eigenvalue weighted by atomic mass is 10.0. The molecule has 1 aliphatic rings. The molecule has 0 spiro atoms. The molecule has 2 aromatic carbocycles. The van der Waals surface area contributed by atoms with E-state index >= 15 is 0 Å². The summed E-state index contributed by atoms with van der Waals surface area (Å²) < 4.78 is 11.1. The van der Waals surface area contributed by atoms with Crippen molar-refractivity contribution in [1.82, 2.24) is 14.9 Å². The molecule has 0 atom stereocenters. The van der Waals surface area contributed by atoms with Crippen LogP contribution in [0.25, 0.3) is 10.8 Å². The van der Waals surface area contributed by atoms with Gasteiger partial charge in [-0.1, -0.05) is 30.3 Å². The Morgan fingerprint density at radius 1 is 1.12 bits per heavy atom. The Balaban J connectivity index is 1.68. The SMILES string of the molecule is O=C(Oc1ccc2ccccc2c1CN1CCOCC1)c1cnccn1. The molecule has 6 nitrogen and oxygen atoms in total. The minimum absolute atomic E-state index is 0.193. The van der Waals surface area contributed by atoms with Crippen LogP contribution in [-0.2, 0) is 11.3 Å². The molecule has 132 valence electrons. The van der Waals surface area contributed by atoms with Gasteiger partial charge < -0.3 is 9.47 Å². The molecule has 0 radical (unpaired) electrons. The maximum atomic E-state index is 12.4. The van der Waals surface area contributed by atoms with Crippen LogP contribution in [0, 0.1) is 0 Å². The Labute approximate surface area is 151 Å². The van der Waals surface area contributed by atoms with Crippen LogP contribution in [-0.4, -0.2) is 47.1 Å². The molecular formula is C20H19N3O3. The molecule has 0 aliphatic carbocycles. The predicted molar refractivity (Wildman–Crippen MR) is 97.0 cm³/mol. The van der Waals surface area contributed by atoms with Crippen LogP contribution < -0.4 is 4.74 Å². The first-order chi connectivity index (χ1) is 12.8. The van der Waals surface area contributed by atoms with Gasteiger partial charge in [-0.05, 0) is 16.8 Å². The molecule has 0 N–H and O–H groups in total. The maximum absolute atomic E-state index is 12.4. The fourth-order valence-electron chi connectivity index (χ4n) is 3.11. The van der Waals surface area contributed by atoms with E-state index in [4.69, 9.17) is 9.47 Å². The van der Waals surface area contributed by atoms with Crippen LogP contribution in [0.2, 0.25) is 0 Å². The van der Waals surface area contributed by atoms with Crippen LogP contribution >= 0.6 is 0 Å². The normalized spacial score (nSPS) is 15.1. The fourth-order valence-corrected chi connectivity index (χ4v) is 3.11. The topological polar surface area (TPSA) is 64.5 Å². The average Bonchev–Trinajstić information content (AvgIpc) is 2.71. The minimum Gasteiger partial charge on any atom is -0.421 e. The Hall–Kier alpha value is -2.83. The number of carbonyl (C=O) groups is 1. The Bertz CT molecular complexity index is 909. The summed E-state index contributed by atoms with van der Waals surface area (Å²) in [6.07, 6.45) is 4.41. The number of hydrogen-bond acceptors (Lipinski definition) is 6. The second-order valence-electron chi connectivity index (χ2n) is 6.13. The van der Waals surface area contributed by atoms with E-state index in [0.717, 1.165) is 42.6 Å². The zero-order valence-corrected chi connectivity index (χ0v) is 14.3. The molecule has 0 bridgehead atoms. The molecule has 0 amide bonds. The third-order valence-electron chi connectivity index (χ3n) is 4.46. The van der Waals surface area contributed by atoms with E-state index in [-0.39, 0.29) is 5.69 Å². The number of aromatic nitrogens is 2. The number of fused-ring (bicyclic) bond motifs is 1. The van der Waals surface area contributed by atoms with Crippen molar-refractivity contribution in [3.8, 4) is 5.75 Å². The number of ether oxygens (including phenoxy) is 2. The summed E-state index contributed by atoms with van der Waals surface area (Å²) in [5.41, 5.74) is 1.19. The van der Waals surface area contributed by atoms with Gasteiger partial charge in [0.2, 0.25) is 0 Å². The van der Waals surface area contributed by atoms with Gasteiger partial charge in [0.15, 0.2) is 5.69 Å². The largest absolute Gasteiger partial charge is 0.421 e. The number of benzene rings is 2. The number of rotatable bonds is 4. The van der Waals surface area contributed by atoms with E-state index in [1.165, 1.54) is 18.6 Å². The molecule has 0 saturated carbocycles. The van der Waals surface area contributed by atoms with Gasteiger partial charge in [-0.15, -0.1) is 0 Å². The van der Waals surface area contributed by atoms with E-state index in [0.29, 0.717) is 12.3 Å². The van der Waals surface area contributed by atoms with Crippen molar-refractivity contribution in [3.05, 3.63) is 66.2 Å². The molecule has 26 heavy (non-hydrogen) atoms. The van der Waals surface area contributed by atoms with Gasteiger partial charge in [-0.2, -0.15) is 0 Å². The lowest BCUT2D eigenvalue weighted by Crippen LogP contribution is -2.35. The second kappa shape index (κ2) is 7.59. The summed E-state index contributed by atoms with van der Waals surface area (Å²) in [6, 6.07) is 12.0. The quantitative estimate of drug-likeness (QED) is 0.533. The molecule has 2 heterocycles. The van der Waals surface area contributed by atoms with E-state index in [1.54, 1.807) is 0 Å². The molecular weight excluding hydrogens is 330 g/mol. The maximum Gasteiger partial charge on any atom is 0.363 e. The molecule has 1 aromatic heterocycles. The Morgan fingerprint density at radius 3 is 2.77 bits per heavy atom. The highest BCUT2D eigenvalue weighted by molar-refractivity contribution is 5.92. The van der Waals surface area contributed by atoms with Gasteiger partial charge in [0.1, 0.15) is 5.75 Å². The van der Waals surface area contributed by atoms with Gasteiger partial charge in [0.05, 0.1) is 19.4 Å². The van der Waals surface area contributed by atoms with Crippen molar-refractivity contribution >= 4 is 16.7 Å². The third kappa shape index (κ3) is 3.56. The molecule has 1 fully saturated rings. The van der Waals surface area contributed by atoms with Gasteiger partial charge in [0, 0.05) is 37.6 Å². The zero-order chi connectivity index (χ0) is 17.8. The number of esters is 1. The van der Waals surface area contributed by atoms with E-state index in [9.17, 15) is 4.79 Å². The first kappa shape index (κ1) is 16.6. The third-order valence-corrected chi connectivity index (χ3v) is 4.46. The first-order valence-electron chi connectivity index (χ1n) is 8.60. The van der Waals surface area contributed by atoms with Gasteiger partial charge in [0.25, 0.3) is 0 Å². The van der Waals surface area contributed by atoms with Crippen LogP contribution in [0.3, 0.4) is 0 Å². The number of hydrogen-bond donors (Lipinski definition) is 0. The van der Waals surface area contributed by atoms with Crippen LogP contribution in [0.5, 0.6) is 5.75 Å². The zero-order valence-electron chi connectivity index (χ0n) is 14.3. The van der Waals surface area contributed by atoms with Gasteiger partial charge in [-0.25, -0.2) is 9.78 Å². The summed E-state index contributed by atoms with van der Waals surface area (Å²) >= 11 is 0. The van der Waals surface area contributed by atoms with Crippen molar-refractivity contribution in [3.63, 3.8) is 0 Å². The van der Waals surface area contributed by atoms with Crippen molar-refractivity contribution in [1.29, 1.82) is 0 Å². The average molecular weight is 349 g/mol. The van der Waals surface area contributed by atoms with Crippen molar-refractivity contribution in [2.75, 3.05) is 26.3 Å². The Morgan fingerprint density at radius 2 is 1.96 bits per heavy atom. The fraction of sp³-hybridized carbons (Fsp3) is 0.250. The van der Waals surface area contributed by atoms with Crippen LogP contribution in [0.4, 0.5) is 0 Å². The highest BCUT2D eigenvalue weighted by Crippen LogP contribution is 2.30. The van der Waals surface area contributed by atoms with Crippen molar-refractivity contribution < 1.29 is 14.3 Å². The molecule has 1 aliphatic heterocycles. The lowest BCUT2D eigenvalue weighted by Gasteiger charge is -2.27.